The molecule has 1 heterocycles. The zero-order valence-corrected chi connectivity index (χ0v) is 19.7. The molecule has 2 N–H and O–H groups in total. The number of fused-ring (bicyclic) bond motifs is 1. The summed E-state index contributed by atoms with van der Waals surface area (Å²) in [6.07, 6.45) is 2.32. The number of carbonyl (C=O) groups is 3. The lowest BCUT2D eigenvalue weighted by atomic mass is 9.87. The van der Waals surface area contributed by atoms with E-state index in [0.717, 1.165) is 17.4 Å². The Morgan fingerprint density at radius 1 is 1.03 bits per heavy atom. The number of ketones is 1. The molecule has 35 heavy (non-hydrogen) atoms. The molecule has 1 aromatic heterocycles. The molecule has 0 atom stereocenters. The van der Waals surface area contributed by atoms with Crippen molar-refractivity contribution in [3.05, 3.63) is 64.5 Å². The second kappa shape index (κ2) is 10.9. The van der Waals surface area contributed by atoms with E-state index < -0.39 is 11.8 Å². The molecule has 1 aliphatic carbocycles. The zero-order valence-electron chi connectivity index (χ0n) is 18.9. The molecule has 9 heteroatoms. The molecule has 0 spiro atoms. The first-order valence-electron chi connectivity index (χ1n) is 11.5. The van der Waals surface area contributed by atoms with Gasteiger partial charge in [-0.15, -0.1) is 11.3 Å². The van der Waals surface area contributed by atoms with E-state index in [1.54, 1.807) is 18.2 Å². The fourth-order valence-corrected chi connectivity index (χ4v) is 5.18. The second-order valence-corrected chi connectivity index (χ2v) is 9.68. The van der Waals surface area contributed by atoms with Gasteiger partial charge in [-0.2, -0.15) is 0 Å². The Bertz CT molecular complexity index is 1250. The second-order valence-electron chi connectivity index (χ2n) is 8.63. The average Bonchev–Trinajstić information content (AvgIpc) is 3.29. The summed E-state index contributed by atoms with van der Waals surface area (Å²) in [6, 6.07) is 10.4. The third-order valence-electron chi connectivity index (χ3n) is 6.16. The molecule has 184 valence electrons. The highest BCUT2D eigenvalue weighted by molar-refractivity contribution is 7.20. The normalized spacial score (nSPS) is 17.8. The monoisotopic (exact) mass is 501 g/mol. The molecule has 1 saturated carbocycles. The van der Waals surface area contributed by atoms with E-state index in [-0.39, 0.29) is 53.8 Å². The van der Waals surface area contributed by atoms with Crippen LogP contribution in [0.5, 0.6) is 5.75 Å². The van der Waals surface area contributed by atoms with Gasteiger partial charge in [-0.3, -0.25) is 14.4 Å². The summed E-state index contributed by atoms with van der Waals surface area (Å²) in [4.78, 5) is 36.2. The van der Waals surface area contributed by atoms with Crippen LogP contribution in [0.15, 0.2) is 42.5 Å². The Morgan fingerprint density at radius 3 is 2.49 bits per heavy atom. The first kappa shape index (κ1) is 24.8. The van der Waals surface area contributed by atoms with E-state index in [2.05, 4.69) is 5.32 Å². The maximum absolute atomic E-state index is 14.5. The standard InChI is InChI=1S/C26H25F2NO5S/c27-19-4-1-3-17-14-23(35-24(17)19)25(31)29-12-2-5-21(30)16-8-11-22(20(28)13-16)34-18-9-6-15(7-10-18)26(32)33/h1,3-4,8,11,13-15,18H,2,5-7,9-10,12H2,(H,29,31)(H,32,33). The van der Waals surface area contributed by atoms with Crippen LogP contribution in [0.2, 0.25) is 0 Å². The number of carboxylic acids is 1. The molecule has 4 rings (SSSR count). The lowest BCUT2D eigenvalue weighted by Gasteiger charge is -2.27. The van der Waals surface area contributed by atoms with Crippen LogP contribution >= 0.6 is 11.3 Å². The number of thiophene rings is 1. The average molecular weight is 502 g/mol. The van der Waals surface area contributed by atoms with Gasteiger partial charge in [-0.25, -0.2) is 8.78 Å². The number of aliphatic carboxylic acids is 1. The molecule has 0 radical (unpaired) electrons. The van der Waals surface area contributed by atoms with Crippen LogP contribution in [0.3, 0.4) is 0 Å². The van der Waals surface area contributed by atoms with Crippen LogP contribution in [0.25, 0.3) is 10.1 Å². The summed E-state index contributed by atoms with van der Waals surface area (Å²) in [5, 5.41) is 12.5. The largest absolute Gasteiger partial charge is 0.487 e. The third-order valence-corrected chi connectivity index (χ3v) is 7.31. The lowest BCUT2D eigenvalue weighted by Crippen LogP contribution is -2.28. The Morgan fingerprint density at radius 2 is 1.80 bits per heavy atom. The van der Waals surface area contributed by atoms with Crippen molar-refractivity contribution in [3.63, 3.8) is 0 Å². The number of amides is 1. The Hall–Kier alpha value is -3.33. The molecule has 1 aliphatic rings. The predicted molar refractivity (Wildman–Crippen MR) is 128 cm³/mol. The van der Waals surface area contributed by atoms with Crippen LogP contribution in [0, 0.1) is 17.6 Å². The summed E-state index contributed by atoms with van der Waals surface area (Å²) in [7, 11) is 0. The number of hydrogen-bond donors (Lipinski definition) is 2. The van der Waals surface area contributed by atoms with Gasteiger partial charge in [0, 0.05) is 18.5 Å². The SMILES string of the molecule is O=C(CCCNC(=O)c1cc2cccc(F)c2s1)c1ccc(OC2CCC(C(=O)O)CC2)c(F)c1. The lowest BCUT2D eigenvalue weighted by molar-refractivity contribution is -0.143. The van der Waals surface area contributed by atoms with Crippen molar-refractivity contribution in [2.24, 2.45) is 5.92 Å². The van der Waals surface area contributed by atoms with Crippen LogP contribution < -0.4 is 10.1 Å². The molecule has 0 saturated heterocycles. The molecule has 3 aromatic rings. The summed E-state index contributed by atoms with van der Waals surface area (Å²) >= 11 is 1.08. The van der Waals surface area contributed by atoms with Gasteiger partial charge >= 0.3 is 5.97 Å². The summed E-state index contributed by atoms with van der Waals surface area (Å²) in [6.45, 7) is 0.254. The molecule has 0 unspecified atom stereocenters. The first-order valence-corrected chi connectivity index (χ1v) is 12.3. The number of carboxylic acid groups (broad SMARTS) is 1. The van der Waals surface area contributed by atoms with E-state index in [9.17, 15) is 23.2 Å². The van der Waals surface area contributed by atoms with Crippen molar-refractivity contribution >= 4 is 39.1 Å². The minimum Gasteiger partial charge on any atom is -0.487 e. The number of hydrogen-bond acceptors (Lipinski definition) is 5. The molecule has 1 fully saturated rings. The van der Waals surface area contributed by atoms with Crippen LogP contribution in [0.4, 0.5) is 8.78 Å². The summed E-state index contributed by atoms with van der Waals surface area (Å²) in [5.41, 5.74) is 0.218. The van der Waals surface area contributed by atoms with Gasteiger partial charge in [0.2, 0.25) is 0 Å². The number of halogens is 2. The number of rotatable bonds is 9. The Labute approximate surface area is 204 Å². The van der Waals surface area contributed by atoms with E-state index >= 15 is 0 Å². The van der Waals surface area contributed by atoms with E-state index in [0.29, 0.717) is 47.1 Å². The fourth-order valence-electron chi connectivity index (χ4n) is 4.20. The van der Waals surface area contributed by atoms with Gasteiger partial charge in [0.25, 0.3) is 5.91 Å². The number of Topliss-reactive ketones (excluding diaryl/α,β-unsaturated/α-hetero) is 1. The van der Waals surface area contributed by atoms with E-state index in [1.165, 1.54) is 18.2 Å². The van der Waals surface area contributed by atoms with Crippen molar-refractivity contribution in [2.75, 3.05) is 6.54 Å². The maximum atomic E-state index is 14.5. The molecule has 6 nitrogen and oxygen atoms in total. The van der Waals surface area contributed by atoms with Gasteiger partial charge < -0.3 is 15.2 Å². The van der Waals surface area contributed by atoms with Gasteiger partial charge in [-0.1, -0.05) is 12.1 Å². The minimum atomic E-state index is -0.812. The van der Waals surface area contributed by atoms with Crippen molar-refractivity contribution in [2.45, 2.75) is 44.6 Å². The molecular formula is C26H25F2NO5S. The Kier molecular flexibility index (Phi) is 7.75. The maximum Gasteiger partial charge on any atom is 0.306 e. The van der Waals surface area contributed by atoms with Gasteiger partial charge in [-0.05, 0) is 67.8 Å². The third kappa shape index (κ3) is 6.03. The molecular weight excluding hydrogens is 476 g/mol. The smallest absolute Gasteiger partial charge is 0.306 e. The predicted octanol–water partition coefficient (Wildman–Crippen LogP) is 5.59. The van der Waals surface area contributed by atoms with Crippen LogP contribution in [0.1, 0.15) is 58.6 Å². The van der Waals surface area contributed by atoms with Gasteiger partial charge in [0.15, 0.2) is 17.3 Å². The van der Waals surface area contributed by atoms with Crippen molar-refractivity contribution in [1.29, 1.82) is 0 Å². The number of ether oxygens (including phenoxy) is 1. The molecule has 0 bridgehead atoms. The van der Waals surface area contributed by atoms with E-state index in [1.807, 2.05) is 0 Å². The zero-order chi connectivity index (χ0) is 24.9. The van der Waals surface area contributed by atoms with Crippen LogP contribution in [-0.2, 0) is 4.79 Å². The summed E-state index contributed by atoms with van der Waals surface area (Å²) < 4.78 is 34.5. The highest BCUT2D eigenvalue weighted by Crippen LogP contribution is 2.30. The Balaban J connectivity index is 1.23. The highest BCUT2D eigenvalue weighted by atomic mass is 32.1. The molecule has 2 aromatic carbocycles. The van der Waals surface area contributed by atoms with Gasteiger partial charge in [0.1, 0.15) is 5.82 Å². The number of benzene rings is 2. The first-order chi connectivity index (χ1) is 16.8. The number of carbonyl (C=O) groups excluding carboxylic acids is 2. The molecule has 0 aliphatic heterocycles. The minimum absolute atomic E-state index is 0.0485. The van der Waals surface area contributed by atoms with Crippen molar-refractivity contribution < 1.29 is 33.0 Å². The quantitative estimate of drug-likeness (QED) is 0.294. The number of nitrogens with one attached hydrogen (secondary N) is 1. The fraction of sp³-hybridized carbons (Fsp3) is 0.346. The van der Waals surface area contributed by atoms with Gasteiger partial charge in [0.05, 0.1) is 21.6 Å². The van der Waals surface area contributed by atoms with Crippen molar-refractivity contribution in [3.8, 4) is 5.75 Å². The highest BCUT2D eigenvalue weighted by Gasteiger charge is 2.27. The molecule has 1 amide bonds. The van der Waals surface area contributed by atoms with Crippen LogP contribution in [-0.4, -0.2) is 35.4 Å². The van der Waals surface area contributed by atoms with E-state index in [4.69, 9.17) is 9.84 Å². The van der Waals surface area contributed by atoms with Crippen molar-refractivity contribution in [1.82, 2.24) is 5.32 Å². The topological polar surface area (TPSA) is 92.7 Å². The summed E-state index contributed by atoms with van der Waals surface area (Å²) in [5.74, 6) is -2.73.